The van der Waals surface area contributed by atoms with Gasteiger partial charge in [-0.05, 0) is 67.9 Å². The molecule has 0 saturated heterocycles. The van der Waals surface area contributed by atoms with Gasteiger partial charge in [0.15, 0.2) is 0 Å². The standard InChI is InChI=1S/C30H27N3O3S2/c1-21(2)33(20-22-9-4-3-5-10-22)38(35,36)26-17-15-23(16-18-26)29(34)31-25-12-8-11-24(19-25)30-32-27-13-6-7-14-28(27)37-30/h3-19,21H,20H2,1-2H3,(H,31,34). The summed E-state index contributed by atoms with van der Waals surface area (Å²) in [4.78, 5) is 17.8. The van der Waals surface area contributed by atoms with E-state index >= 15 is 0 Å². The summed E-state index contributed by atoms with van der Waals surface area (Å²) in [5, 5.41) is 3.79. The van der Waals surface area contributed by atoms with E-state index in [0.29, 0.717) is 11.3 Å². The number of sulfonamides is 1. The van der Waals surface area contributed by atoms with Crippen LogP contribution in [-0.4, -0.2) is 29.7 Å². The van der Waals surface area contributed by atoms with Crippen molar-refractivity contribution in [3.8, 4) is 10.6 Å². The normalized spacial score (nSPS) is 11.8. The molecule has 1 aromatic heterocycles. The molecule has 0 aliphatic carbocycles. The molecule has 38 heavy (non-hydrogen) atoms. The van der Waals surface area contributed by atoms with Crippen LogP contribution in [0.3, 0.4) is 0 Å². The van der Waals surface area contributed by atoms with Gasteiger partial charge >= 0.3 is 0 Å². The summed E-state index contributed by atoms with van der Waals surface area (Å²) >= 11 is 1.60. The van der Waals surface area contributed by atoms with Crippen LogP contribution in [0.15, 0.2) is 108 Å². The number of benzene rings is 4. The molecule has 0 radical (unpaired) electrons. The molecule has 5 aromatic rings. The number of carbonyl (C=O) groups excluding carboxylic acids is 1. The van der Waals surface area contributed by atoms with Gasteiger partial charge in [0.1, 0.15) is 5.01 Å². The molecule has 0 saturated carbocycles. The Labute approximate surface area is 226 Å². The van der Waals surface area contributed by atoms with Crippen molar-refractivity contribution in [2.75, 3.05) is 5.32 Å². The van der Waals surface area contributed by atoms with Gasteiger partial charge in [-0.2, -0.15) is 4.31 Å². The summed E-state index contributed by atoms with van der Waals surface area (Å²) in [5.74, 6) is -0.319. The van der Waals surface area contributed by atoms with Crippen molar-refractivity contribution in [3.05, 3.63) is 114 Å². The van der Waals surface area contributed by atoms with E-state index < -0.39 is 10.0 Å². The topological polar surface area (TPSA) is 79.4 Å². The molecule has 0 bridgehead atoms. The van der Waals surface area contributed by atoms with Gasteiger partial charge in [-0.1, -0.05) is 54.6 Å². The minimum atomic E-state index is -3.75. The molecule has 1 amide bonds. The van der Waals surface area contributed by atoms with E-state index in [4.69, 9.17) is 4.98 Å². The van der Waals surface area contributed by atoms with E-state index in [-0.39, 0.29) is 23.4 Å². The van der Waals surface area contributed by atoms with Crippen molar-refractivity contribution < 1.29 is 13.2 Å². The number of anilines is 1. The fourth-order valence-corrected chi connectivity index (χ4v) is 6.74. The van der Waals surface area contributed by atoms with Gasteiger partial charge < -0.3 is 5.32 Å². The number of para-hydroxylation sites is 1. The summed E-state index contributed by atoms with van der Waals surface area (Å²) in [6, 6.07) is 30.8. The van der Waals surface area contributed by atoms with Crippen LogP contribution in [0.25, 0.3) is 20.8 Å². The molecule has 4 aromatic carbocycles. The molecule has 1 N–H and O–H groups in total. The first-order valence-electron chi connectivity index (χ1n) is 12.2. The Morgan fingerprint density at radius 1 is 0.895 bits per heavy atom. The van der Waals surface area contributed by atoms with Crippen LogP contribution in [0.5, 0.6) is 0 Å². The fraction of sp³-hybridized carbons (Fsp3) is 0.133. The van der Waals surface area contributed by atoms with Crippen LogP contribution in [0.2, 0.25) is 0 Å². The molecule has 1 heterocycles. The maximum Gasteiger partial charge on any atom is 0.255 e. The maximum atomic E-state index is 13.4. The predicted molar refractivity (Wildman–Crippen MR) is 154 cm³/mol. The zero-order valence-electron chi connectivity index (χ0n) is 21.0. The Morgan fingerprint density at radius 3 is 2.32 bits per heavy atom. The smallest absolute Gasteiger partial charge is 0.255 e. The van der Waals surface area contributed by atoms with E-state index in [1.165, 1.54) is 16.4 Å². The van der Waals surface area contributed by atoms with E-state index in [9.17, 15) is 13.2 Å². The molecule has 6 nitrogen and oxygen atoms in total. The molecule has 0 atom stereocenters. The second-order valence-electron chi connectivity index (χ2n) is 9.18. The second kappa shape index (κ2) is 10.9. The van der Waals surface area contributed by atoms with Crippen LogP contribution >= 0.6 is 11.3 Å². The third-order valence-electron chi connectivity index (χ3n) is 6.14. The average molecular weight is 542 g/mol. The molecular weight excluding hydrogens is 514 g/mol. The largest absolute Gasteiger partial charge is 0.322 e. The number of hydrogen-bond donors (Lipinski definition) is 1. The highest BCUT2D eigenvalue weighted by molar-refractivity contribution is 7.89. The van der Waals surface area contributed by atoms with Gasteiger partial charge in [-0.3, -0.25) is 4.79 Å². The first-order chi connectivity index (χ1) is 18.3. The Balaban J connectivity index is 1.32. The van der Waals surface area contributed by atoms with Gasteiger partial charge in [0.2, 0.25) is 10.0 Å². The minimum Gasteiger partial charge on any atom is -0.322 e. The summed E-state index contributed by atoms with van der Waals surface area (Å²) in [5.41, 5.74) is 3.77. The van der Waals surface area contributed by atoms with Gasteiger partial charge in [0.05, 0.1) is 15.1 Å². The van der Waals surface area contributed by atoms with Crippen molar-refractivity contribution >= 4 is 43.2 Å². The van der Waals surface area contributed by atoms with Crippen molar-refractivity contribution in [1.82, 2.24) is 9.29 Å². The highest BCUT2D eigenvalue weighted by atomic mass is 32.2. The van der Waals surface area contributed by atoms with E-state index in [2.05, 4.69) is 5.32 Å². The number of carbonyl (C=O) groups is 1. The Bertz CT molecular complexity index is 1650. The summed E-state index contributed by atoms with van der Waals surface area (Å²) in [6.45, 7) is 3.98. The third kappa shape index (κ3) is 5.52. The zero-order valence-corrected chi connectivity index (χ0v) is 22.7. The number of nitrogens with zero attached hydrogens (tertiary/aromatic N) is 2. The lowest BCUT2D eigenvalue weighted by Crippen LogP contribution is -2.36. The number of rotatable bonds is 8. The lowest BCUT2D eigenvalue weighted by atomic mass is 10.2. The van der Waals surface area contributed by atoms with E-state index in [0.717, 1.165) is 26.4 Å². The summed E-state index contributed by atoms with van der Waals surface area (Å²) in [7, 11) is -3.75. The van der Waals surface area contributed by atoms with Crippen LogP contribution < -0.4 is 5.32 Å². The monoisotopic (exact) mass is 541 g/mol. The molecule has 192 valence electrons. The Kier molecular flexibility index (Phi) is 7.37. The molecule has 0 fully saturated rings. The number of amides is 1. The van der Waals surface area contributed by atoms with Crippen LogP contribution in [0.4, 0.5) is 5.69 Å². The van der Waals surface area contributed by atoms with E-state index in [1.54, 1.807) is 23.5 Å². The van der Waals surface area contributed by atoms with Crippen molar-refractivity contribution in [3.63, 3.8) is 0 Å². The lowest BCUT2D eigenvalue weighted by Gasteiger charge is -2.26. The number of hydrogen-bond acceptors (Lipinski definition) is 5. The quantitative estimate of drug-likeness (QED) is 0.234. The van der Waals surface area contributed by atoms with Crippen molar-refractivity contribution in [1.29, 1.82) is 0 Å². The van der Waals surface area contributed by atoms with Crippen molar-refractivity contribution in [2.45, 2.75) is 31.3 Å². The van der Waals surface area contributed by atoms with Crippen LogP contribution in [0.1, 0.15) is 29.8 Å². The summed E-state index contributed by atoms with van der Waals surface area (Å²) in [6.07, 6.45) is 0. The predicted octanol–water partition coefficient (Wildman–Crippen LogP) is 6.81. The number of thiazole rings is 1. The fourth-order valence-electron chi connectivity index (χ4n) is 4.15. The van der Waals surface area contributed by atoms with E-state index in [1.807, 2.05) is 92.7 Å². The average Bonchev–Trinajstić information content (AvgIpc) is 3.37. The zero-order chi connectivity index (χ0) is 26.7. The third-order valence-corrected chi connectivity index (χ3v) is 9.26. The highest BCUT2D eigenvalue weighted by Gasteiger charge is 2.27. The first kappa shape index (κ1) is 25.8. The number of nitrogens with one attached hydrogen (secondary N) is 1. The molecule has 8 heteroatoms. The minimum absolute atomic E-state index is 0.150. The number of aromatic nitrogens is 1. The van der Waals surface area contributed by atoms with Gasteiger partial charge in [-0.25, -0.2) is 13.4 Å². The molecule has 0 spiro atoms. The lowest BCUT2D eigenvalue weighted by molar-refractivity contribution is 0.102. The SMILES string of the molecule is CC(C)N(Cc1ccccc1)S(=O)(=O)c1ccc(C(=O)Nc2cccc(-c3nc4ccccc4s3)c2)cc1. The van der Waals surface area contributed by atoms with Crippen LogP contribution in [0, 0.1) is 0 Å². The van der Waals surface area contributed by atoms with Gasteiger partial charge in [-0.15, -0.1) is 11.3 Å². The number of fused-ring (bicyclic) bond motifs is 1. The highest BCUT2D eigenvalue weighted by Crippen LogP contribution is 2.31. The summed E-state index contributed by atoms with van der Waals surface area (Å²) < 4.78 is 29.4. The maximum absolute atomic E-state index is 13.4. The molecule has 0 aliphatic rings. The van der Waals surface area contributed by atoms with Gasteiger partial charge in [0, 0.05) is 29.4 Å². The van der Waals surface area contributed by atoms with Gasteiger partial charge in [0.25, 0.3) is 5.91 Å². The Morgan fingerprint density at radius 2 is 1.61 bits per heavy atom. The second-order valence-corrected chi connectivity index (χ2v) is 12.1. The molecule has 5 rings (SSSR count). The Hall–Kier alpha value is -3.85. The van der Waals surface area contributed by atoms with Crippen molar-refractivity contribution in [2.24, 2.45) is 0 Å². The van der Waals surface area contributed by atoms with Crippen LogP contribution in [-0.2, 0) is 16.6 Å². The molecule has 0 aliphatic heterocycles. The molecule has 0 unspecified atom stereocenters. The molecular formula is C30H27N3O3S2. The first-order valence-corrected chi connectivity index (χ1v) is 14.5.